The summed E-state index contributed by atoms with van der Waals surface area (Å²) in [6.45, 7) is 0.590. The fraction of sp³-hybridized carbons (Fsp3) is 0.444. The first-order valence-electron chi connectivity index (χ1n) is 4.15. The van der Waals surface area contributed by atoms with E-state index in [1.54, 1.807) is 25.6 Å². The SMILES string of the molecule is CNC(COC)c1cnccc1N. The Kier molecular flexibility index (Phi) is 3.67. The number of likely N-dealkylation sites (N-methyl/N-ethyl adjacent to an activating group) is 1. The molecule has 0 aliphatic carbocycles. The van der Waals surface area contributed by atoms with E-state index in [-0.39, 0.29) is 6.04 Å². The number of aromatic nitrogens is 1. The van der Waals surface area contributed by atoms with E-state index < -0.39 is 0 Å². The summed E-state index contributed by atoms with van der Waals surface area (Å²) in [6.07, 6.45) is 3.44. The zero-order valence-corrected chi connectivity index (χ0v) is 7.95. The van der Waals surface area contributed by atoms with Crippen molar-refractivity contribution < 1.29 is 4.74 Å². The van der Waals surface area contributed by atoms with Crippen molar-refractivity contribution in [2.45, 2.75) is 6.04 Å². The van der Waals surface area contributed by atoms with Crippen molar-refractivity contribution in [2.75, 3.05) is 26.5 Å². The van der Waals surface area contributed by atoms with Crippen LogP contribution in [0.2, 0.25) is 0 Å². The Morgan fingerprint density at radius 3 is 3.00 bits per heavy atom. The molecule has 0 saturated heterocycles. The van der Waals surface area contributed by atoms with Crippen LogP contribution in [0.1, 0.15) is 11.6 Å². The van der Waals surface area contributed by atoms with Crippen molar-refractivity contribution in [3.63, 3.8) is 0 Å². The highest BCUT2D eigenvalue weighted by molar-refractivity contribution is 5.46. The Morgan fingerprint density at radius 2 is 2.46 bits per heavy atom. The number of nitrogens with two attached hydrogens (primary N) is 1. The van der Waals surface area contributed by atoms with Gasteiger partial charge < -0.3 is 15.8 Å². The minimum atomic E-state index is 0.110. The van der Waals surface area contributed by atoms with Crippen LogP contribution in [-0.4, -0.2) is 25.7 Å². The van der Waals surface area contributed by atoms with Gasteiger partial charge in [0.05, 0.1) is 12.6 Å². The predicted molar refractivity (Wildman–Crippen MR) is 52.3 cm³/mol. The number of hydrogen-bond acceptors (Lipinski definition) is 4. The molecule has 0 aliphatic heterocycles. The lowest BCUT2D eigenvalue weighted by molar-refractivity contribution is 0.170. The molecule has 72 valence electrons. The molecule has 4 heteroatoms. The first kappa shape index (κ1) is 9.95. The molecule has 1 rings (SSSR count). The number of nitrogen functional groups attached to an aromatic ring is 1. The molecule has 0 saturated carbocycles. The second kappa shape index (κ2) is 4.79. The molecule has 0 spiro atoms. The number of methoxy groups -OCH3 is 1. The zero-order valence-electron chi connectivity index (χ0n) is 7.95. The molecule has 1 aromatic rings. The van der Waals surface area contributed by atoms with Gasteiger partial charge in [0.1, 0.15) is 0 Å². The van der Waals surface area contributed by atoms with Crippen LogP contribution in [-0.2, 0) is 4.74 Å². The zero-order chi connectivity index (χ0) is 9.68. The maximum atomic E-state index is 5.79. The number of pyridine rings is 1. The third kappa shape index (κ3) is 2.40. The number of nitrogens with one attached hydrogen (secondary N) is 1. The van der Waals surface area contributed by atoms with Gasteiger partial charge in [0.2, 0.25) is 0 Å². The molecule has 13 heavy (non-hydrogen) atoms. The summed E-state index contributed by atoms with van der Waals surface area (Å²) in [4.78, 5) is 4.02. The topological polar surface area (TPSA) is 60.2 Å². The van der Waals surface area contributed by atoms with Crippen molar-refractivity contribution in [2.24, 2.45) is 0 Å². The normalized spacial score (nSPS) is 12.8. The predicted octanol–water partition coefficient (Wildman–Crippen LogP) is 0.571. The lowest BCUT2D eigenvalue weighted by atomic mass is 10.1. The van der Waals surface area contributed by atoms with Crippen molar-refractivity contribution in [1.29, 1.82) is 0 Å². The van der Waals surface area contributed by atoms with Crippen LogP contribution in [0.25, 0.3) is 0 Å². The Bertz CT molecular complexity index is 265. The van der Waals surface area contributed by atoms with Gasteiger partial charge in [0.15, 0.2) is 0 Å². The number of rotatable bonds is 4. The number of nitrogens with zero attached hydrogens (tertiary/aromatic N) is 1. The maximum absolute atomic E-state index is 5.79. The largest absolute Gasteiger partial charge is 0.398 e. The quantitative estimate of drug-likeness (QED) is 0.713. The Hall–Kier alpha value is -1.13. The van der Waals surface area contributed by atoms with Gasteiger partial charge >= 0.3 is 0 Å². The molecule has 1 unspecified atom stereocenters. The van der Waals surface area contributed by atoms with Gasteiger partial charge in [-0.15, -0.1) is 0 Å². The van der Waals surface area contributed by atoms with Crippen molar-refractivity contribution in [1.82, 2.24) is 10.3 Å². The van der Waals surface area contributed by atoms with Crippen LogP contribution < -0.4 is 11.1 Å². The number of anilines is 1. The highest BCUT2D eigenvalue weighted by Gasteiger charge is 2.11. The van der Waals surface area contributed by atoms with E-state index in [4.69, 9.17) is 10.5 Å². The summed E-state index contributed by atoms with van der Waals surface area (Å²) in [7, 11) is 3.53. The lowest BCUT2D eigenvalue weighted by Crippen LogP contribution is -2.22. The fourth-order valence-electron chi connectivity index (χ4n) is 1.20. The van der Waals surface area contributed by atoms with E-state index >= 15 is 0 Å². The van der Waals surface area contributed by atoms with Crippen molar-refractivity contribution in [3.05, 3.63) is 24.0 Å². The molecule has 0 amide bonds. The summed E-state index contributed by atoms with van der Waals surface area (Å²) in [5.41, 5.74) is 7.51. The van der Waals surface area contributed by atoms with Crippen molar-refractivity contribution in [3.8, 4) is 0 Å². The molecule has 1 heterocycles. The van der Waals surface area contributed by atoms with Crippen LogP contribution in [0, 0.1) is 0 Å². The third-order valence-electron chi connectivity index (χ3n) is 1.94. The average Bonchev–Trinajstić information content (AvgIpc) is 2.16. The Labute approximate surface area is 78.1 Å². The van der Waals surface area contributed by atoms with Crippen LogP contribution >= 0.6 is 0 Å². The summed E-state index contributed by atoms with van der Waals surface area (Å²) in [6, 6.07) is 1.90. The molecule has 0 bridgehead atoms. The van der Waals surface area contributed by atoms with Crippen LogP contribution in [0.4, 0.5) is 5.69 Å². The standard InChI is InChI=1S/C9H15N3O/c1-11-9(6-13-2)7-5-12-4-3-8(7)10/h3-5,9,11H,6H2,1-2H3,(H2,10,12). The molecular weight excluding hydrogens is 166 g/mol. The van der Waals surface area contributed by atoms with Gasteiger partial charge in [-0.2, -0.15) is 0 Å². The van der Waals surface area contributed by atoms with Gasteiger partial charge in [-0.3, -0.25) is 4.98 Å². The first-order chi connectivity index (χ1) is 6.29. The number of hydrogen-bond donors (Lipinski definition) is 2. The molecule has 1 aromatic heterocycles. The molecule has 4 nitrogen and oxygen atoms in total. The number of ether oxygens (including phenoxy) is 1. The van der Waals surface area contributed by atoms with Crippen LogP contribution in [0.15, 0.2) is 18.5 Å². The molecule has 3 N–H and O–H groups in total. The smallest absolute Gasteiger partial charge is 0.0658 e. The Morgan fingerprint density at radius 1 is 1.69 bits per heavy atom. The molecule has 0 fully saturated rings. The highest BCUT2D eigenvalue weighted by atomic mass is 16.5. The molecule has 0 aliphatic rings. The van der Waals surface area contributed by atoms with Gasteiger partial charge in [0, 0.05) is 30.8 Å². The molecule has 1 atom stereocenters. The lowest BCUT2D eigenvalue weighted by Gasteiger charge is -2.16. The summed E-state index contributed by atoms with van der Waals surface area (Å²) in [5, 5.41) is 3.12. The van der Waals surface area contributed by atoms with E-state index in [1.165, 1.54) is 0 Å². The van der Waals surface area contributed by atoms with E-state index in [2.05, 4.69) is 10.3 Å². The van der Waals surface area contributed by atoms with E-state index in [9.17, 15) is 0 Å². The third-order valence-corrected chi connectivity index (χ3v) is 1.94. The summed E-state index contributed by atoms with van der Waals surface area (Å²) < 4.78 is 5.06. The van der Waals surface area contributed by atoms with Crippen LogP contribution in [0.3, 0.4) is 0 Å². The average molecular weight is 181 g/mol. The van der Waals surface area contributed by atoms with Gasteiger partial charge in [-0.1, -0.05) is 0 Å². The van der Waals surface area contributed by atoms with E-state index in [0.717, 1.165) is 11.3 Å². The first-order valence-corrected chi connectivity index (χ1v) is 4.15. The van der Waals surface area contributed by atoms with Crippen molar-refractivity contribution >= 4 is 5.69 Å². The molecule has 0 radical (unpaired) electrons. The summed E-state index contributed by atoms with van der Waals surface area (Å²) in [5.74, 6) is 0. The monoisotopic (exact) mass is 181 g/mol. The van der Waals surface area contributed by atoms with Gasteiger partial charge in [-0.25, -0.2) is 0 Å². The van der Waals surface area contributed by atoms with Crippen LogP contribution in [0.5, 0.6) is 0 Å². The highest BCUT2D eigenvalue weighted by Crippen LogP contribution is 2.18. The van der Waals surface area contributed by atoms with E-state index in [1.807, 2.05) is 7.05 Å². The minimum Gasteiger partial charge on any atom is -0.398 e. The summed E-state index contributed by atoms with van der Waals surface area (Å²) >= 11 is 0. The van der Waals surface area contributed by atoms with E-state index in [0.29, 0.717) is 6.61 Å². The van der Waals surface area contributed by atoms with Gasteiger partial charge in [-0.05, 0) is 13.1 Å². The second-order valence-electron chi connectivity index (χ2n) is 2.80. The Balaban J connectivity index is 2.84. The molecule has 0 aromatic carbocycles. The minimum absolute atomic E-state index is 0.110. The fourth-order valence-corrected chi connectivity index (χ4v) is 1.20. The maximum Gasteiger partial charge on any atom is 0.0658 e. The second-order valence-corrected chi connectivity index (χ2v) is 2.80. The van der Waals surface area contributed by atoms with Gasteiger partial charge in [0.25, 0.3) is 0 Å². The molecular formula is C9H15N3O.